The minimum atomic E-state index is -0.670. The van der Waals surface area contributed by atoms with Gasteiger partial charge in [-0.2, -0.15) is 0 Å². The molecule has 0 saturated carbocycles. The fourth-order valence-electron chi connectivity index (χ4n) is 2.27. The molecular weight excluding hydrogens is 206 g/mol. The lowest BCUT2D eigenvalue weighted by Gasteiger charge is -2.33. The smallest absolute Gasteiger partial charge is 0.323 e. The van der Waals surface area contributed by atoms with Crippen LogP contribution in [0, 0.1) is 0 Å². The first kappa shape index (κ1) is 13.5. The molecule has 4 heteroatoms. The number of carbonyl (C=O) groups is 1. The monoisotopic (exact) mass is 229 g/mol. The van der Waals surface area contributed by atoms with Gasteiger partial charge in [0.2, 0.25) is 0 Å². The number of carbonyl (C=O) groups excluding carboxylic acids is 1. The third-order valence-electron chi connectivity index (χ3n) is 3.65. The Kier molecular flexibility index (Phi) is 4.74. The minimum Gasteiger partial charge on any atom is -0.468 e. The minimum absolute atomic E-state index is 0.158. The molecule has 0 aromatic heterocycles. The van der Waals surface area contributed by atoms with Crippen molar-refractivity contribution in [2.75, 3.05) is 20.2 Å². The van der Waals surface area contributed by atoms with Gasteiger partial charge in [-0.3, -0.25) is 9.69 Å². The topological polar surface area (TPSA) is 49.8 Å². The lowest BCUT2D eigenvalue weighted by Crippen LogP contribution is -2.47. The van der Waals surface area contributed by atoms with Crippen LogP contribution < -0.4 is 0 Å². The van der Waals surface area contributed by atoms with Gasteiger partial charge in [0, 0.05) is 6.54 Å². The molecule has 0 aliphatic carbocycles. The van der Waals surface area contributed by atoms with Crippen molar-refractivity contribution in [2.24, 2.45) is 0 Å². The number of β-amino-alcohol motifs (C(OH)–C–C–N with tert-alkyl or cyclic N) is 1. The molecule has 1 aliphatic rings. The molecule has 0 radical (unpaired) electrons. The Balaban J connectivity index is 2.62. The Morgan fingerprint density at radius 2 is 2.12 bits per heavy atom. The molecule has 1 heterocycles. The van der Waals surface area contributed by atoms with Crippen LogP contribution in [0.5, 0.6) is 0 Å². The van der Waals surface area contributed by atoms with Crippen molar-refractivity contribution < 1.29 is 14.6 Å². The van der Waals surface area contributed by atoms with E-state index in [1.807, 2.05) is 13.8 Å². The molecule has 1 unspecified atom stereocenters. The van der Waals surface area contributed by atoms with Gasteiger partial charge in [0.25, 0.3) is 0 Å². The summed E-state index contributed by atoms with van der Waals surface area (Å²) in [7, 11) is 1.42. The maximum Gasteiger partial charge on any atom is 0.323 e. The number of esters is 1. The van der Waals surface area contributed by atoms with Crippen LogP contribution in [0.3, 0.4) is 0 Å². The van der Waals surface area contributed by atoms with Gasteiger partial charge in [0.15, 0.2) is 0 Å². The van der Waals surface area contributed by atoms with E-state index in [4.69, 9.17) is 4.74 Å². The number of ether oxygens (including phenoxy) is 1. The van der Waals surface area contributed by atoms with Crippen molar-refractivity contribution in [3.63, 3.8) is 0 Å². The molecule has 0 amide bonds. The SMILES string of the molecule is CCC(O)(CC)CN1CCCC1C(=O)OC. The van der Waals surface area contributed by atoms with E-state index in [0.29, 0.717) is 19.4 Å². The van der Waals surface area contributed by atoms with Crippen molar-refractivity contribution >= 4 is 5.97 Å². The average Bonchev–Trinajstić information content (AvgIpc) is 2.75. The Morgan fingerprint density at radius 1 is 1.50 bits per heavy atom. The molecule has 0 bridgehead atoms. The normalized spacial score (nSPS) is 22.4. The van der Waals surface area contributed by atoms with Crippen LogP contribution in [0.1, 0.15) is 39.5 Å². The fourth-order valence-corrected chi connectivity index (χ4v) is 2.27. The molecule has 1 rings (SSSR count). The fraction of sp³-hybridized carbons (Fsp3) is 0.917. The quantitative estimate of drug-likeness (QED) is 0.719. The van der Waals surface area contributed by atoms with E-state index in [9.17, 15) is 9.90 Å². The van der Waals surface area contributed by atoms with Gasteiger partial charge in [0.05, 0.1) is 12.7 Å². The summed E-state index contributed by atoms with van der Waals surface area (Å²) in [5, 5.41) is 10.3. The summed E-state index contributed by atoms with van der Waals surface area (Å²) >= 11 is 0. The standard InChI is InChI=1S/C12H23NO3/c1-4-12(15,5-2)9-13-8-6-7-10(13)11(14)16-3/h10,15H,4-9H2,1-3H3. The van der Waals surface area contributed by atoms with Crippen LogP contribution in [-0.2, 0) is 9.53 Å². The van der Waals surface area contributed by atoms with E-state index in [0.717, 1.165) is 19.4 Å². The number of nitrogens with zero attached hydrogens (tertiary/aromatic N) is 1. The summed E-state index contributed by atoms with van der Waals surface area (Å²) in [5.74, 6) is -0.174. The molecule has 1 aliphatic heterocycles. The van der Waals surface area contributed by atoms with E-state index >= 15 is 0 Å². The Hall–Kier alpha value is -0.610. The van der Waals surface area contributed by atoms with Gasteiger partial charge in [-0.05, 0) is 32.2 Å². The summed E-state index contributed by atoms with van der Waals surface area (Å²) in [5.41, 5.74) is -0.670. The molecule has 16 heavy (non-hydrogen) atoms. The van der Waals surface area contributed by atoms with E-state index in [-0.39, 0.29) is 12.0 Å². The summed E-state index contributed by atoms with van der Waals surface area (Å²) in [4.78, 5) is 13.6. The molecular formula is C12H23NO3. The third-order valence-corrected chi connectivity index (χ3v) is 3.65. The van der Waals surface area contributed by atoms with Crippen molar-refractivity contribution in [2.45, 2.75) is 51.2 Å². The van der Waals surface area contributed by atoms with Gasteiger partial charge in [0.1, 0.15) is 6.04 Å². The Labute approximate surface area is 97.6 Å². The second-order valence-electron chi connectivity index (χ2n) is 4.58. The molecule has 0 aromatic carbocycles. The highest BCUT2D eigenvalue weighted by molar-refractivity contribution is 5.75. The van der Waals surface area contributed by atoms with Crippen LogP contribution in [0.4, 0.5) is 0 Å². The highest BCUT2D eigenvalue weighted by Gasteiger charge is 2.36. The number of rotatable bonds is 5. The number of aliphatic hydroxyl groups is 1. The molecule has 1 fully saturated rings. The van der Waals surface area contributed by atoms with E-state index < -0.39 is 5.60 Å². The van der Waals surface area contributed by atoms with Crippen LogP contribution in [0.15, 0.2) is 0 Å². The zero-order valence-corrected chi connectivity index (χ0v) is 10.5. The zero-order chi connectivity index (χ0) is 12.2. The van der Waals surface area contributed by atoms with Crippen molar-refractivity contribution in [3.8, 4) is 0 Å². The molecule has 1 saturated heterocycles. The predicted molar refractivity (Wildman–Crippen MR) is 62.1 cm³/mol. The lowest BCUT2D eigenvalue weighted by atomic mass is 9.96. The average molecular weight is 229 g/mol. The first-order valence-electron chi connectivity index (χ1n) is 6.10. The van der Waals surface area contributed by atoms with Gasteiger partial charge < -0.3 is 9.84 Å². The predicted octanol–water partition coefficient (Wildman–Crippen LogP) is 1.17. The van der Waals surface area contributed by atoms with Gasteiger partial charge in [-0.15, -0.1) is 0 Å². The molecule has 0 spiro atoms. The summed E-state index contributed by atoms with van der Waals surface area (Å²) in [6, 6.07) is -0.158. The van der Waals surface area contributed by atoms with E-state index in [2.05, 4.69) is 4.90 Å². The zero-order valence-electron chi connectivity index (χ0n) is 10.5. The Morgan fingerprint density at radius 3 is 2.62 bits per heavy atom. The first-order valence-corrected chi connectivity index (χ1v) is 6.10. The number of hydrogen-bond donors (Lipinski definition) is 1. The maximum absolute atomic E-state index is 11.5. The first-order chi connectivity index (χ1) is 7.56. The third kappa shape index (κ3) is 2.95. The number of methoxy groups -OCH3 is 1. The maximum atomic E-state index is 11.5. The van der Waals surface area contributed by atoms with E-state index in [1.54, 1.807) is 0 Å². The van der Waals surface area contributed by atoms with Crippen molar-refractivity contribution in [1.29, 1.82) is 0 Å². The molecule has 94 valence electrons. The Bertz CT molecular complexity index is 238. The second-order valence-corrected chi connectivity index (χ2v) is 4.58. The summed E-state index contributed by atoms with van der Waals surface area (Å²) in [6.45, 7) is 5.40. The largest absolute Gasteiger partial charge is 0.468 e. The number of likely N-dealkylation sites (tertiary alicyclic amines) is 1. The molecule has 1 atom stereocenters. The van der Waals surface area contributed by atoms with Crippen LogP contribution in [-0.4, -0.2) is 47.8 Å². The van der Waals surface area contributed by atoms with Gasteiger partial charge in [-0.1, -0.05) is 13.8 Å². The highest BCUT2D eigenvalue weighted by Crippen LogP contribution is 2.24. The number of hydrogen-bond acceptors (Lipinski definition) is 4. The van der Waals surface area contributed by atoms with Crippen molar-refractivity contribution in [1.82, 2.24) is 4.90 Å². The van der Waals surface area contributed by atoms with Crippen LogP contribution >= 0.6 is 0 Å². The van der Waals surface area contributed by atoms with Crippen LogP contribution in [0.2, 0.25) is 0 Å². The van der Waals surface area contributed by atoms with Gasteiger partial charge in [-0.25, -0.2) is 0 Å². The van der Waals surface area contributed by atoms with Crippen LogP contribution in [0.25, 0.3) is 0 Å². The van der Waals surface area contributed by atoms with Crippen molar-refractivity contribution in [3.05, 3.63) is 0 Å². The van der Waals surface area contributed by atoms with E-state index in [1.165, 1.54) is 7.11 Å². The molecule has 0 aromatic rings. The summed E-state index contributed by atoms with van der Waals surface area (Å²) in [6.07, 6.45) is 3.28. The lowest BCUT2D eigenvalue weighted by molar-refractivity contribution is -0.147. The second kappa shape index (κ2) is 5.64. The molecule has 4 nitrogen and oxygen atoms in total. The molecule has 1 N–H and O–H groups in total. The summed E-state index contributed by atoms with van der Waals surface area (Å²) < 4.78 is 4.78. The highest BCUT2D eigenvalue weighted by atomic mass is 16.5. The van der Waals surface area contributed by atoms with Gasteiger partial charge >= 0.3 is 5.97 Å².